The van der Waals surface area contributed by atoms with Crippen molar-refractivity contribution in [3.63, 3.8) is 0 Å². The minimum atomic E-state index is -1.32. The van der Waals surface area contributed by atoms with Gasteiger partial charge in [0.25, 0.3) is 0 Å². The van der Waals surface area contributed by atoms with E-state index in [2.05, 4.69) is 0 Å². The standard InChI is InChI=1S/C12H9NO4/c14-11(15)10-9(6-7-13(10)12(16)17)8-4-2-1-3-5-8/h1-7H,(H,14,15)(H,16,17). The minimum Gasteiger partial charge on any atom is -0.477 e. The molecule has 86 valence electrons. The molecule has 0 atom stereocenters. The molecule has 5 nitrogen and oxygen atoms in total. The zero-order chi connectivity index (χ0) is 12.4. The van der Waals surface area contributed by atoms with Gasteiger partial charge in [0, 0.05) is 11.8 Å². The maximum atomic E-state index is 11.1. The van der Waals surface area contributed by atoms with Crippen LogP contribution >= 0.6 is 0 Å². The molecule has 2 rings (SSSR count). The van der Waals surface area contributed by atoms with Crippen molar-refractivity contribution < 1.29 is 19.8 Å². The van der Waals surface area contributed by atoms with Crippen molar-refractivity contribution in [3.8, 4) is 11.1 Å². The molecule has 5 heteroatoms. The Labute approximate surface area is 96.5 Å². The van der Waals surface area contributed by atoms with Gasteiger partial charge in [0.1, 0.15) is 5.69 Å². The second-order valence-corrected chi connectivity index (χ2v) is 3.40. The fourth-order valence-electron chi connectivity index (χ4n) is 1.66. The van der Waals surface area contributed by atoms with Crippen molar-refractivity contribution in [3.05, 3.63) is 48.3 Å². The van der Waals surface area contributed by atoms with E-state index in [4.69, 9.17) is 10.2 Å². The molecule has 0 aliphatic heterocycles. The molecule has 2 N–H and O–H groups in total. The maximum absolute atomic E-state index is 11.1. The second-order valence-electron chi connectivity index (χ2n) is 3.40. The number of nitrogens with zero attached hydrogens (tertiary/aromatic N) is 1. The summed E-state index contributed by atoms with van der Waals surface area (Å²) in [5, 5.41) is 17.9. The quantitative estimate of drug-likeness (QED) is 0.831. The number of benzene rings is 1. The summed E-state index contributed by atoms with van der Waals surface area (Å²) in [6.07, 6.45) is -0.0849. The molecule has 0 fully saturated rings. The van der Waals surface area contributed by atoms with Gasteiger partial charge in [-0.25, -0.2) is 14.2 Å². The number of aromatic carboxylic acids is 1. The van der Waals surface area contributed by atoms with Gasteiger partial charge in [-0.1, -0.05) is 30.3 Å². The fraction of sp³-hybridized carbons (Fsp3) is 0. The number of hydrogen-bond donors (Lipinski definition) is 2. The molecule has 0 aliphatic rings. The first-order valence-electron chi connectivity index (χ1n) is 4.84. The highest BCUT2D eigenvalue weighted by Gasteiger charge is 2.20. The number of aromatic nitrogens is 1. The Morgan fingerprint density at radius 3 is 2.18 bits per heavy atom. The zero-order valence-corrected chi connectivity index (χ0v) is 8.70. The highest BCUT2D eigenvalue weighted by Crippen LogP contribution is 2.24. The Morgan fingerprint density at radius 1 is 1.00 bits per heavy atom. The molecular formula is C12H9NO4. The highest BCUT2D eigenvalue weighted by molar-refractivity contribution is 5.97. The van der Waals surface area contributed by atoms with Gasteiger partial charge in [-0.2, -0.15) is 0 Å². The predicted octanol–water partition coefficient (Wildman–Crippen LogP) is 2.38. The zero-order valence-electron chi connectivity index (χ0n) is 8.70. The lowest BCUT2D eigenvalue weighted by atomic mass is 10.1. The van der Waals surface area contributed by atoms with Crippen LogP contribution in [0.25, 0.3) is 11.1 Å². The number of rotatable bonds is 2. The SMILES string of the molecule is O=C(O)c1c(-c2ccccc2)ccn1C(=O)O. The number of carboxylic acid groups (broad SMARTS) is 2. The van der Waals surface area contributed by atoms with Gasteiger partial charge < -0.3 is 10.2 Å². The van der Waals surface area contributed by atoms with E-state index in [1.165, 1.54) is 12.3 Å². The van der Waals surface area contributed by atoms with E-state index in [0.717, 1.165) is 0 Å². The maximum Gasteiger partial charge on any atom is 0.416 e. The van der Waals surface area contributed by atoms with E-state index in [9.17, 15) is 9.59 Å². The Balaban J connectivity index is 2.64. The molecule has 17 heavy (non-hydrogen) atoms. The Bertz CT molecular complexity index is 571. The topological polar surface area (TPSA) is 79.5 Å². The van der Waals surface area contributed by atoms with Gasteiger partial charge in [-0.3, -0.25) is 0 Å². The first-order valence-corrected chi connectivity index (χ1v) is 4.84. The van der Waals surface area contributed by atoms with Crippen LogP contribution < -0.4 is 0 Å². The first-order chi connectivity index (χ1) is 8.11. The minimum absolute atomic E-state index is 0.247. The monoisotopic (exact) mass is 231 g/mol. The molecule has 0 bridgehead atoms. The molecule has 1 heterocycles. The largest absolute Gasteiger partial charge is 0.477 e. The van der Waals surface area contributed by atoms with Gasteiger partial charge in [0.2, 0.25) is 0 Å². The Kier molecular flexibility index (Phi) is 2.66. The van der Waals surface area contributed by atoms with Crippen LogP contribution in [-0.2, 0) is 0 Å². The van der Waals surface area contributed by atoms with E-state index in [-0.39, 0.29) is 5.69 Å². The summed E-state index contributed by atoms with van der Waals surface area (Å²) in [4.78, 5) is 22.0. The van der Waals surface area contributed by atoms with Crippen LogP contribution in [0, 0.1) is 0 Å². The molecule has 0 radical (unpaired) electrons. The van der Waals surface area contributed by atoms with E-state index in [0.29, 0.717) is 15.7 Å². The first kappa shape index (κ1) is 10.9. The highest BCUT2D eigenvalue weighted by atomic mass is 16.4. The summed E-state index contributed by atoms with van der Waals surface area (Å²) in [5.74, 6) is -1.27. The number of carboxylic acids is 1. The summed E-state index contributed by atoms with van der Waals surface area (Å²) < 4.78 is 0.699. The summed E-state index contributed by atoms with van der Waals surface area (Å²) in [6.45, 7) is 0. The third-order valence-corrected chi connectivity index (χ3v) is 2.38. The summed E-state index contributed by atoms with van der Waals surface area (Å²) in [6, 6.07) is 10.3. The van der Waals surface area contributed by atoms with Gasteiger partial charge in [0.15, 0.2) is 0 Å². The molecule has 2 aromatic rings. The number of carbonyl (C=O) groups is 2. The van der Waals surface area contributed by atoms with Crippen molar-refractivity contribution in [1.82, 2.24) is 4.57 Å². The summed E-state index contributed by atoms with van der Waals surface area (Å²) >= 11 is 0. The van der Waals surface area contributed by atoms with Crippen LogP contribution in [0.5, 0.6) is 0 Å². The van der Waals surface area contributed by atoms with E-state index < -0.39 is 12.1 Å². The van der Waals surface area contributed by atoms with E-state index in [1.807, 2.05) is 0 Å². The average Bonchev–Trinajstić information content (AvgIpc) is 2.74. The third-order valence-electron chi connectivity index (χ3n) is 2.38. The molecule has 0 saturated heterocycles. The van der Waals surface area contributed by atoms with Crippen LogP contribution in [0.3, 0.4) is 0 Å². The van der Waals surface area contributed by atoms with Gasteiger partial charge in [-0.15, -0.1) is 0 Å². The van der Waals surface area contributed by atoms with Crippen LogP contribution in [-0.4, -0.2) is 26.8 Å². The van der Waals surface area contributed by atoms with Crippen LogP contribution in [0.15, 0.2) is 42.6 Å². The lowest BCUT2D eigenvalue weighted by molar-refractivity contribution is 0.0685. The van der Waals surface area contributed by atoms with Crippen molar-refractivity contribution in [2.24, 2.45) is 0 Å². The lowest BCUT2D eigenvalue weighted by Gasteiger charge is -2.03. The molecule has 0 amide bonds. The van der Waals surface area contributed by atoms with Gasteiger partial charge in [-0.05, 0) is 11.6 Å². The third kappa shape index (κ3) is 1.90. The van der Waals surface area contributed by atoms with Crippen LogP contribution in [0.2, 0.25) is 0 Å². The molecule has 0 aliphatic carbocycles. The van der Waals surface area contributed by atoms with E-state index >= 15 is 0 Å². The lowest BCUT2D eigenvalue weighted by Crippen LogP contribution is -2.15. The van der Waals surface area contributed by atoms with Gasteiger partial charge >= 0.3 is 12.1 Å². The molecule has 0 unspecified atom stereocenters. The Hall–Kier alpha value is -2.56. The van der Waals surface area contributed by atoms with Gasteiger partial charge in [0.05, 0.1) is 0 Å². The van der Waals surface area contributed by atoms with Crippen molar-refractivity contribution >= 4 is 12.1 Å². The summed E-state index contributed by atoms with van der Waals surface area (Å²) in [5.41, 5.74) is 0.814. The molecule has 1 aromatic heterocycles. The van der Waals surface area contributed by atoms with Crippen LogP contribution in [0.1, 0.15) is 10.5 Å². The molecule has 1 aromatic carbocycles. The Morgan fingerprint density at radius 2 is 1.65 bits per heavy atom. The van der Waals surface area contributed by atoms with Crippen molar-refractivity contribution in [1.29, 1.82) is 0 Å². The molecule has 0 spiro atoms. The van der Waals surface area contributed by atoms with Crippen molar-refractivity contribution in [2.75, 3.05) is 0 Å². The predicted molar refractivity (Wildman–Crippen MR) is 60.3 cm³/mol. The summed E-state index contributed by atoms with van der Waals surface area (Å²) in [7, 11) is 0. The second kappa shape index (κ2) is 4.13. The van der Waals surface area contributed by atoms with Crippen LogP contribution in [0.4, 0.5) is 4.79 Å². The van der Waals surface area contributed by atoms with Crippen molar-refractivity contribution in [2.45, 2.75) is 0 Å². The van der Waals surface area contributed by atoms with E-state index in [1.54, 1.807) is 30.3 Å². The smallest absolute Gasteiger partial charge is 0.416 e. The normalized spacial score (nSPS) is 10.1. The molecular weight excluding hydrogens is 222 g/mol. The molecule has 0 saturated carbocycles. The fourth-order valence-corrected chi connectivity index (χ4v) is 1.66. The average molecular weight is 231 g/mol. The number of hydrogen-bond acceptors (Lipinski definition) is 2.